The van der Waals surface area contributed by atoms with Gasteiger partial charge in [0.15, 0.2) is 0 Å². The Kier molecular flexibility index (Phi) is 37.3. The number of para-hydroxylation sites is 1. The lowest BCUT2D eigenvalue weighted by Gasteiger charge is -2.34. The fraction of sp³-hybridized carbons (Fsp3) is 0.627. The van der Waals surface area contributed by atoms with Gasteiger partial charge in [-0.2, -0.15) is 0 Å². The number of amides is 14. The monoisotopic (exact) mass is 1510 g/mol. The number of nitrogens with one attached hydrogen (secondary N) is 11. The summed E-state index contributed by atoms with van der Waals surface area (Å²) >= 11 is 0. The van der Waals surface area contributed by atoms with Crippen LogP contribution in [0.5, 0.6) is 0 Å². The Labute approximate surface area is 632 Å². The summed E-state index contributed by atoms with van der Waals surface area (Å²) in [6.07, 6.45) is 5.69. The van der Waals surface area contributed by atoms with Gasteiger partial charge in [-0.3, -0.25) is 67.1 Å². The Morgan fingerprint density at radius 1 is 0.519 bits per heavy atom. The number of nitrogens with two attached hydrogens (primary N) is 6. The van der Waals surface area contributed by atoms with Gasteiger partial charge in [0.05, 0.1) is 12.6 Å². The summed E-state index contributed by atoms with van der Waals surface area (Å²) in [5.41, 5.74) is 36.5. The Morgan fingerprint density at radius 3 is 1.59 bits per heavy atom. The van der Waals surface area contributed by atoms with E-state index in [1.165, 1.54) is 16.7 Å². The quantitative estimate of drug-likeness (QED) is 0.0291. The molecule has 33 nitrogen and oxygen atoms in total. The molecule has 13 atom stereocenters. The van der Waals surface area contributed by atoms with Crippen LogP contribution in [0.3, 0.4) is 0 Å². The molecular formula is C75H119N19O14. The van der Waals surface area contributed by atoms with Crippen molar-refractivity contribution in [2.45, 2.75) is 243 Å². The third-order valence-corrected chi connectivity index (χ3v) is 19.7. The number of carbonyl (C=O) groups excluding carboxylic acids is 14. The molecule has 3 aromatic rings. The molecular weight excluding hydrogens is 1390 g/mol. The fourth-order valence-electron chi connectivity index (χ4n) is 13.1. The molecule has 2 saturated heterocycles. The number of benzene rings is 2. The summed E-state index contributed by atoms with van der Waals surface area (Å²) in [5.74, 6) is -10.7. The van der Waals surface area contributed by atoms with Crippen molar-refractivity contribution >= 4 is 93.6 Å². The standard InChI is InChI=1S/C75H119N19O14/c1-8-45(6)63(73(106)89-53(27-15-18-34-77)67(100)87-52(26-14-17-33-76)66(99)83-42-61(96)85-55(39-47-22-10-9-11-23-47)69(102)86-51(64(81)97)31-32-60(79)95)92-68(101)54(28-16-19-35-78)88-70(103)56(40-48-41-82-50-25-13-12-24-49(48)50)90-65(98)46(7)84-71(104)58-29-20-36-93(58)75(108)59-30-21-37-94(59)74(107)57(38-43(2)3)91-72(105)62(80)44(4)5/h9-13,22-25,41,43-46,51-59,62-63,82H,8,14-21,26-40,42,76-78,80H2,1-7H3,(H2,79,95)(H2,81,97)(H,83,99)(H,84,104)(H,85,96)(H,86,102)(H,87,100)(H,88,103)(H,89,106)(H,90,98)(H,91,105)(H,92,101)/t45-,46-,51-,52-,53-,54-,55-,56-,57+,58-,59+,62+,63-/m0/s1. The molecule has 0 aliphatic carbocycles. The second kappa shape index (κ2) is 45.3. The Balaban J connectivity index is 1.33. The maximum atomic E-state index is 15.0. The average Bonchev–Trinajstić information content (AvgIpc) is 1.65. The summed E-state index contributed by atoms with van der Waals surface area (Å²) in [5, 5.41) is 27.9. The van der Waals surface area contributed by atoms with Gasteiger partial charge in [0.2, 0.25) is 82.7 Å². The Morgan fingerprint density at radius 2 is 1.03 bits per heavy atom. The molecule has 2 aliphatic heterocycles. The van der Waals surface area contributed by atoms with E-state index in [0.29, 0.717) is 81.8 Å². The summed E-state index contributed by atoms with van der Waals surface area (Å²) in [4.78, 5) is 201. The lowest BCUT2D eigenvalue weighted by atomic mass is 9.96. The van der Waals surface area contributed by atoms with Crippen LogP contribution < -0.4 is 87.6 Å². The molecule has 3 heterocycles. The molecule has 2 aromatic carbocycles. The molecule has 1 aromatic heterocycles. The number of rotatable bonds is 47. The zero-order valence-corrected chi connectivity index (χ0v) is 63.7. The molecule has 0 bridgehead atoms. The first-order valence-electron chi connectivity index (χ1n) is 38.1. The van der Waals surface area contributed by atoms with Gasteiger partial charge in [0, 0.05) is 49.5 Å². The van der Waals surface area contributed by atoms with Crippen molar-refractivity contribution in [3.8, 4) is 0 Å². The minimum absolute atomic E-state index is 0.00609. The van der Waals surface area contributed by atoms with Crippen LogP contribution in [0.15, 0.2) is 60.8 Å². The van der Waals surface area contributed by atoms with Crippen LogP contribution in [0.4, 0.5) is 0 Å². The van der Waals surface area contributed by atoms with E-state index in [-0.39, 0.29) is 95.9 Å². The highest BCUT2D eigenvalue weighted by molar-refractivity contribution is 6.00. The van der Waals surface area contributed by atoms with E-state index in [4.69, 9.17) is 34.4 Å². The molecule has 0 unspecified atom stereocenters. The smallest absolute Gasteiger partial charge is 0.246 e. The molecule has 23 N–H and O–H groups in total. The van der Waals surface area contributed by atoms with E-state index in [9.17, 15) is 67.1 Å². The van der Waals surface area contributed by atoms with Crippen LogP contribution >= 0.6 is 0 Å². The SMILES string of the molecule is CC[C@H](C)[C@H](NC(=O)[C@H](CCCCN)NC(=O)[C@H](Cc1c[nH]c2ccccc12)NC(=O)[C@H](C)NC(=O)[C@@H]1CCCN1C(=O)[C@H]1CCCN1C(=O)[C@@H](CC(C)C)NC(=O)[C@H](N)C(C)C)C(=O)N[C@@H](CCCCN)C(=O)N[C@@H](CCCCN)C(=O)NCC(=O)N[C@@H](Cc1ccccc1)C(=O)N[C@@H](CCC(N)=O)C(N)=O. The minimum atomic E-state index is -1.39. The molecule has 33 heteroatoms. The molecule has 108 heavy (non-hydrogen) atoms. The Hall–Kier alpha value is -9.60. The zero-order valence-electron chi connectivity index (χ0n) is 63.7. The van der Waals surface area contributed by atoms with Crippen LogP contribution in [0.2, 0.25) is 0 Å². The highest BCUT2D eigenvalue weighted by Gasteiger charge is 2.45. The van der Waals surface area contributed by atoms with E-state index in [1.54, 1.807) is 64.2 Å². The topological polar surface area (TPSA) is 538 Å². The van der Waals surface area contributed by atoms with Gasteiger partial charge in [-0.25, -0.2) is 0 Å². The van der Waals surface area contributed by atoms with Gasteiger partial charge in [-0.1, -0.05) is 96.5 Å². The molecule has 0 spiro atoms. The highest BCUT2D eigenvalue weighted by Crippen LogP contribution is 2.28. The van der Waals surface area contributed by atoms with Gasteiger partial charge in [0.1, 0.15) is 66.5 Å². The predicted octanol–water partition coefficient (Wildman–Crippen LogP) is -1.35. The van der Waals surface area contributed by atoms with E-state index in [0.717, 1.165) is 10.9 Å². The minimum Gasteiger partial charge on any atom is -0.370 e. The van der Waals surface area contributed by atoms with Crippen molar-refractivity contribution in [3.63, 3.8) is 0 Å². The van der Waals surface area contributed by atoms with Crippen molar-refractivity contribution in [1.29, 1.82) is 0 Å². The molecule has 0 radical (unpaired) electrons. The molecule has 14 amide bonds. The number of nitrogens with zero attached hydrogens (tertiary/aromatic N) is 2. The van der Waals surface area contributed by atoms with E-state index in [2.05, 4.69) is 58.2 Å². The Bertz CT molecular complexity index is 3520. The van der Waals surface area contributed by atoms with Gasteiger partial charge >= 0.3 is 0 Å². The zero-order chi connectivity index (χ0) is 79.7. The van der Waals surface area contributed by atoms with Crippen molar-refractivity contribution in [1.82, 2.24) is 68.0 Å². The van der Waals surface area contributed by atoms with Gasteiger partial charge < -0.3 is 102 Å². The van der Waals surface area contributed by atoms with Crippen molar-refractivity contribution in [2.75, 3.05) is 39.3 Å². The molecule has 598 valence electrons. The lowest BCUT2D eigenvalue weighted by Crippen LogP contribution is -2.61. The maximum Gasteiger partial charge on any atom is 0.246 e. The predicted molar refractivity (Wildman–Crippen MR) is 406 cm³/mol. The lowest BCUT2D eigenvalue weighted by molar-refractivity contribution is -0.148. The average molecular weight is 1510 g/mol. The first-order chi connectivity index (χ1) is 51.4. The second-order valence-corrected chi connectivity index (χ2v) is 29.1. The largest absolute Gasteiger partial charge is 0.370 e. The number of primary amides is 2. The van der Waals surface area contributed by atoms with Gasteiger partial charge in [-0.15, -0.1) is 0 Å². The number of unbranched alkanes of at least 4 members (excludes halogenated alkanes) is 3. The van der Waals surface area contributed by atoms with Crippen molar-refractivity contribution in [2.24, 2.45) is 52.2 Å². The fourth-order valence-corrected chi connectivity index (χ4v) is 13.1. The first-order valence-corrected chi connectivity index (χ1v) is 38.1. The number of H-pyrrole nitrogens is 1. The summed E-state index contributed by atoms with van der Waals surface area (Å²) < 4.78 is 0. The second-order valence-electron chi connectivity index (χ2n) is 29.1. The van der Waals surface area contributed by atoms with Gasteiger partial charge in [0.25, 0.3) is 0 Å². The van der Waals surface area contributed by atoms with E-state index in [1.807, 2.05) is 38.1 Å². The van der Waals surface area contributed by atoms with Crippen LogP contribution in [-0.2, 0) is 80.0 Å². The normalized spacial score (nSPS) is 17.3. The van der Waals surface area contributed by atoms with E-state index >= 15 is 0 Å². The third kappa shape index (κ3) is 27.9. The number of aromatic amines is 1. The number of fused-ring (bicyclic) bond motifs is 1. The molecule has 0 saturated carbocycles. The molecule has 2 fully saturated rings. The molecule has 5 rings (SSSR count). The van der Waals surface area contributed by atoms with Crippen molar-refractivity contribution in [3.05, 3.63) is 71.9 Å². The highest BCUT2D eigenvalue weighted by atomic mass is 16.2. The summed E-state index contributed by atoms with van der Waals surface area (Å²) in [6, 6.07) is 1.68. The molecule has 2 aliphatic rings. The summed E-state index contributed by atoms with van der Waals surface area (Å²) in [6.45, 7) is 12.9. The maximum absolute atomic E-state index is 15.0. The van der Waals surface area contributed by atoms with Gasteiger partial charge in [-0.05, 0) is 158 Å². The van der Waals surface area contributed by atoms with Crippen LogP contribution in [0.1, 0.15) is 169 Å². The summed E-state index contributed by atoms with van der Waals surface area (Å²) in [7, 11) is 0. The number of likely N-dealkylation sites (tertiary alicyclic amines) is 2. The number of hydrogen-bond donors (Lipinski definition) is 17. The third-order valence-electron chi connectivity index (χ3n) is 19.7. The van der Waals surface area contributed by atoms with Crippen LogP contribution in [0.25, 0.3) is 10.9 Å². The number of hydrogen-bond acceptors (Lipinski definition) is 18. The van der Waals surface area contributed by atoms with E-state index < -0.39 is 168 Å². The van der Waals surface area contributed by atoms with Crippen LogP contribution in [0, 0.1) is 17.8 Å². The van der Waals surface area contributed by atoms with Crippen LogP contribution in [-0.4, -0.2) is 209 Å². The number of aromatic nitrogens is 1. The first kappa shape index (κ1) is 89.0. The van der Waals surface area contributed by atoms with Crippen molar-refractivity contribution < 1.29 is 67.1 Å². The number of carbonyl (C=O) groups is 14.